The molecule has 0 amide bonds. The average Bonchev–Trinajstić information content (AvgIpc) is 2.86. The third-order valence-electron chi connectivity index (χ3n) is 3.65. The monoisotopic (exact) mass is 315 g/mol. The maximum atomic E-state index is 13.4. The first-order valence-electron chi connectivity index (χ1n) is 6.31. The van der Waals surface area contributed by atoms with Crippen molar-refractivity contribution in [3.05, 3.63) is 28.0 Å². The minimum Gasteiger partial charge on any atom is -0.305 e. The van der Waals surface area contributed by atoms with Crippen molar-refractivity contribution in [3.63, 3.8) is 0 Å². The van der Waals surface area contributed by atoms with Crippen LogP contribution in [0.5, 0.6) is 0 Å². The van der Waals surface area contributed by atoms with Gasteiger partial charge in [-0.2, -0.15) is 0 Å². The topological polar surface area (TPSA) is 64.8 Å². The fourth-order valence-electron chi connectivity index (χ4n) is 2.30. The van der Waals surface area contributed by atoms with Crippen LogP contribution in [0.4, 0.5) is 4.39 Å². The molecule has 0 N–H and O–H groups in total. The lowest BCUT2D eigenvalue weighted by Crippen LogP contribution is -2.17. The van der Waals surface area contributed by atoms with E-state index in [1.807, 2.05) is 0 Å². The molecule has 0 aliphatic heterocycles. The van der Waals surface area contributed by atoms with Crippen LogP contribution in [0.3, 0.4) is 0 Å². The molecule has 0 atom stereocenters. The van der Waals surface area contributed by atoms with Crippen LogP contribution >= 0.6 is 11.3 Å². The van der Waals surface area contributed by atoms with Crippen molar-refractivity contribution < 1.29 is 12.8 Å². The van der Waals surface area contributed by atoms with Crippen molar-refractivity contribution >= 4 is 21.2 Å². The SMILES string of the molecule is Cn1c(C2CCC2)nnc1S(=O)(=O)Cc1cscc1F. The van der Waals surface area contributed by atoms with Gasteiger partial charge >= 0.3 is 0 Å². The van der Waals surface area contributed by atoms with Gasteiger partial charge in [0.1, 0.15) is 11.6 Å². The van der Waals surface area contributed by atoms with Crippen molar-refractivity contribution in [2.75, 3.05) is 0 Å². The predicted octanol–water partition coefficient (Wildman–Crippen LogP) is 2.26. The summed E-state index contributed by atoms with van der Waals surface area (Å²) >= 11 is 1.15. The predicted molar refractivity (Wildman–Crippen MR) is 72.8 cm³/mol. The molecule has 2 aromatic heterocycles. The van der Waals surface area contributed by atoms with Crippen LogP contribution in [0.2, 0.25) is 0 Å². The molecule has 0 aromatic carbocycles. The van der Waals surface area contributed by atoms with Crippen LogP contribution in [0.1, 0.15) is 36.6 Å². The highest BCUT2D eigenvalue weighted by Gasteiger charge is 2.30. The largest absolute Gasteiger partial charge is 0.305 e. The molecule has 3 rings (SSSR count). The Bertz CT molecular complexity index is 732. The van der Waals surface area contributed by atoms with E-state index in [1.165, 1.54) is 15.3 Å². The molecule has 20 heavy (non-hydrogen) atoms. The minimum absolute atomic E-state index is 0.0787. The van der Waals surface area contributed by atoms with Gasteiger partial charge in [0, 0.05) is 23.9 Å². The summed E-state index contributed by atoms with van der Waals surface area (Å²) in [7, 11) is -2.02. The molecular weight excluding hydrogens is 301 g/mol. The van der Waals surface area contributed by atoms with Crippen molar-refractivity contribution in [3.8, 4) is 0 Å². The van der Waals surface area contributed by atoms with E-state index < -0.39 is 15.7 Å². The second-order valence-corrected chi connectivity index (χ2v) is 7.66. The summed E-state index contributed by atoms with van der Waals surface area (Å²) in [6.45, 7) is 0. The summed E-state index contributed by atoms with van der Waals surface area (Å²) in [6.07, 6.45) is 3.18. The van der Waals surface area contributed by atoms with E-state index >= 15 is 0 Å². The molecule has 1 aliphatic rings. The second kappa shape index (κ2) is 4.92. The molecule has 1 fully saturated rings. The van der Waals surface area contributed by atoms with E-state index in [4.69, 9.17) is 0 Å². The van der Waals surface area contributed by atoms with E-state index in [-0.39, 0.29) is 16.5 Å². The van der Waals surface area contributed by atoms with E-state index in [0.717, 1.165) is 30.6 Å². The Hall–Kier alpha value is -1.28. The molecule has 0 unspecified atom stereocenters. The zero-order valence-corrected chi connectivity index (χ0v) is 12.5. The van der Waals surface area contributed by atoms with Gasteiger partial charge in [-0.3, -0.25) is 0 Å². The molecule has 2 heterocycles. The summed E-state index contributed by atoms with van der Waals surface area (Å²) in [6, 6.07) is 0. The molecule has 0 radical (unpaired) electrons. The van der Waals surface area contributed by atoms with Crippen molar-refractivity contribution in [1.29, 1.82) is 0 Å². The highest BCUT2D eigenvalue weighted by Crippen LogP contribution is 2.35. The maximum absolute atomic E-state index is 13.4. The van der Waals surface area contributed by atoms with Gasteiger partial charge in [0.15, 0.2) is 0 Å². The highest BCUT2D eigenvalue weighted by molar-refractivity contribution is 7.90. The second-order valence-electron chi connectivity index (χ2n) is 5.03. The lowest BCUT2D eigenvalue weighted by molar-refractivity contribution is 0.389. The van der Waals surface area contributed by atoms with Crippen LogP contribution in [-0.4, -0.2) is 23.2 Å². The van der Waals surface area contributed by atoms with Gasteiger partial charge in [0.2, 0.25) is 15.0 Å². The molecule has 1 saturated carbocycles. The molecule has 0 bridgehead atoms. The smallest absolute Gasteiger partial charge is 0.249 e. The molecule has 8 heteroatoms. The van der Waals surface area contributed by atoms with E-state index in [1.54, 1.807) is 7.05 Å². The van der Waals surface area contributed by atoms with Gasteiger partial charge < -0.3 is 4.57 Å². The normalized spacial score (nSPS) is 16.3. The molecular formula is C12H14FN3O2S2. The number of nitrogens with zero attached hydrogens (tertiary/aromatic N) is 3. The summed E-state index contributed by atoms with van der Waals surface area (Å²) in [4.78, 5) is 0. The fourth-order valence-corrected chi connectivity index (χ4v) is 4.54. The van der Waals surface area contributed by atoms with Crippen molar-refractivity contribution in [1.82, 2.24) is 14.8 Å². The van der Waals surface area contributed by atoms with Crippen LogP contribution < -0.4 is 0 Å². The Morgan fingerprint density at radius 3 is 2.70 bits per heavy atom. The fraction of sp³-hybridized carbons (Fsp3) is 0.500. The third-order valence-corrected chi connectivity index (χ3v) is 6.02. The third kappa shape index (κ3) is 2.26. The highest BCUT2D eigenvalue weighted by atomic mass is 32.2. The zero-order chi connectivity index (χ0) is 14.3. The van der Waals surface area contributed by atoms with Gasteiger partial charge in [-0.05, 0) is 18.2 Å². The molecule has 5 nitrogen and oxygen atoms in total. The number of sulfone groups is 1. The molecule has 1 aliphatic carbocycles. The molecule has 108 valence electrons. The van der Waals surface area contributed by atoms with Gasteiger partial charge in [-0.1, -0.05) is 6.42 Å². The zero-order valence-electron chi connectivity index (χ0n) is 10.9. The minimum atomic E-state index is -3.68. The maximum Gasteiger partial charge on any atom is 0.249 e. The molecule has 0 spiro atoms. The van der Waals surface area contributed by atoms with Gasteiger partial charge in [0.25, 0.3) is 0 Å². The standard InChI is InChI=1S/C12H14FN3O2S2/c1-16-11(8-3-2-4-8)14-15-12(16)20(17,18)7-9-5-19-6-10(9)13/h5-6,8H,2-4,7H2,1H3. The summed E-state index contributed by atoms with van der Waals surface area (Å²) in [5.74, 6) is 0.147. The van der Waals surface area contributed by atoms with Gasteiger partial charge in [-0.15, -0.1) is 21.5 Å². The lowest BCUT2D eigenvalue weighted by atomic mass is 9.85. The van der Waals surface area contributed by atoms with Crippen molar-refractivity contribution in [2.45, 2.75) is 36.1 Å². The van der Waals surface area contributed by atoms with E-state index in [2.05, 4.69) is 10.2 Å². The van der Waals surface area contributed by atoms with E-state index in [0.29, 0.717) is 11.7 Å². The van der Waals surface area contributed by atoms with Crippen LogP contribution in [0.15, 0.2) is 15.9 Å². The Labute approximate surface area is 120 Å². The number of thiophene rings is 1. The summed E-state index contributed by atoms with van der Waals surface area (Å²) in [5.41, 5.74) is 0.184. The van der Waals surface area contributed by atoms with E-state index in [9.17, 15) is 12.8 Å². The number of aromatic nitrogens is 3. The van der Waals surface area contributed by atoms with Gasteiger partial charge in [-0.25, -0.2) is 12.8 Å². The average molecular weight is 315 g/mol. The summed E-state index contributed by atoms with van der Waals surface area (Å²) < 4.78 is 39.6. The number of halogens is 1. The number of hydrogen-bond acceptors (Lipinski definition) is 5. The lowest BCUT2D eigenvalue weighted by Gasteiger charge is -2.23. The quantitative estimate of drug-likeness (QED) is 0.868. The number of hydrogen-bond donors (Lipinski definition) is 0. The first-order valence-corrected chi connectivity index (χ1v) is 8.91. The van der Waals surface area contributed by atoms with Crippen LogP contribution in [0, 0.1) is 5.82 Å². The van der Waals surface area contributed by atoms with Gasteiger partial charge in [0.05, 0.1) is 5.75 Å². The number of rotatable bonds is 4. The Morgan fingerprint density at radius 2 is 2.15 bits per heavy atom. The first kappa shape index (κ1) is 13.7. The van der Waals surface area contributed by atoms with Crippen LogP contribution in [0.25, 0.3) is 0 Å². The first-order chi connectivity index (χ1) is 9.49. The Kier molecular flexibility index (Phi) is 3.37. The Morgan fingerprint density at radius 1 is 1.40 bits per heavy atom. The summed E-state index contributed by atoms with van der Waals surface area (Å²) in [5, 5.41) is 10.5. The van der Waals surface area contributed by atoms with Crippen molar-refractivity contribution in [2.24, 2.45) is 7.05 Å². The van der Waals surface area contributed by atoms with Crippen LogP contribution in [-0.2, 0) is 22.6 Å². The Balaban J connectivity index is 1.91. The molecule has 0 saturated heterocycles. The molecule has 2 aromatic rings.